The van der Waals surface area contributed by atoms with Crippen molar-refractivity contribution in [3.63, 3.8) is 0 Å². The van der Waals surface area contributed by atoms with Crippen LogP contribution in [-0.4, -0.2) is 29.2 Å². The minimum atomic E-state index is -0.804. The molecule has 1 amide bonds. The summed E-state index contributed by atoms with van der Waals surface area (Å²) < 4.78 is 0. The van der Waals surface area contributed by atoms with Crippen molar-refractivity contribution in [3.8, 4) is 0 Å². The number of aliphatic hydroxyl groups is 1. The normalized spacial score (nSPS) is 15.0. The van der Waals surface area contributed by atoms with Crippen molar-refractivity contribution in [1.29, 1.82) is 0 Å². The lowest BCUT2D eigenvalue weighted by atomic mass is 9.97. The van der Waals surface area contributed by atoms with Crippen molar-refractivity contribution in [2.24, 2.45) is 5.92 Å². The number of aliphatic hydroxyl groups excluding tert-OH is 1. The van der Waals surface area contributed by atoms with Crippen molar-refractivity contribution in [2.45, 2.75) is 45.3 Å². The summed E-state index contributed by atoms with van der Waals surface area (Å²) in [5, 5.41) is 10.4. The van der Waals surface area contributed by atoms with Gasteiger partial charge in [-0.05, 0) is 24.8 Å². The number of hydrogen-bond acceptors (Lipinski definition) is 2. The van der Waals surface area contributed by atoms with Crippen LogP contribution in [0.4, 0.5) is 0 Å². The highest BCUT2D eigenvalue weighted by Crippen LogP contribution is 2.22. The van der Waals surface area contributed by atoms with Crippen molar-refractivity contribution in [2.75, 3.05) is 7.05 Å². The van der Waals surface area contributed by atoms with Gasteiger partial charge >= 0.3 is 0 Å². The molecule has 0 aliphatic rings. The van der Waals surface area contributed by atoms with Gasteiger partial charge in [0.15, 0.2) is 0 Å². The number of unbranched alkanes of at least 4 members (excludes halogenated alkanes) is 1. The largest absolute Gasteiger partial charge is 0.373 e. The summed E-state index contributed by atoms with van der Waals surface area (Å²) in [7, 11) is 1.68. The van der Waals surface area contributed by atoms with Gasteiger partial charge in [-0.1, -0.05) is 50.3 Å². The molecule has 1 rings (SSSR count). The molecule has 0 fully saturated rings. The summed E-state index contributed by atoms with van der Waals surface area (Å²) in [6.07, 6.45) is 3.76. The van der Waals surface area contributed by atoms with E-state index in [1.165, 1.54) is 4.90 Å². The molecule has 2 unspecified atom stereocenters. The Morgan fingerprint density at radius 2 is 1.95 bits per heavy atom. The van der Waals surface area contributed by atoms with Crippen LogP contribution in [-0.2, 0) is 4.79 Å². The van der Waals surface area contributed by atoms with Gasteiger partial charge in [0.25, 0.3) is 0 Å². The molecule has 1 aromatic carbocycles. The number of nitrogens with zero attached hydrogens (tertiary/aromatic N) is 1. The Balaban J connectivity index is 2.62. The summed E-state index contributed by atoms with van der Waals surface area (Å²) in [6.45, 7) is 7.54. The Morgan fingerprint density at radius 1 is 1.33 bits per heavy atom. The number of carbonyl (C=O) groups is 1. The quantitative estimate of drug-likeness (QED) is 0.451. The van der Waals surface area contributed by atoms with E-state index in [2.05, 4.69) is 6.58 Å². The predicted molar refractivity (Wildman–Crippen MR) is 86.8 cm³/mol. The van der Waals surface area contributed by atoms with E-state index in [9.17, 15) is 9.90 Å². The SMILES string of the molecule is C=CCCC[C@@H](C)C(=O)N(C)C(O)C(C)c1ccccc1. The van der Waals surface area contributed by atoms with Crippen molar-refractivity contribution in [3.05, 3.63) is 48.6 Å². The molecular weight excluding hydrogens is 262 g/mol. The fourth-order valence-corrected chi connectivity index (χ4v) is 2.43. The highest BCUT2D eigenvalue weighted by molar-refractivity contribution is 5.78. The molecule has 116 valence electrons. The molecule has 0 bridgehead atoms. The summed E-state index contributed by atoms with van der Waals surface area (Å²) in [4.78, 5) is 13.8. The third kappa shape index (κ3) is 5.01. The first-order valence-electron chi connectivity index (χ1n) is 7.59. The summed E-state index contributed by atoms with van der Waals surface area (Å²) in [5.41, 5.74) is 1.03. The van der Waals surface area contributed by atoms with Crippen LogP contribution in [0.5, 0.6) is 0 Å². The molecule has 3 atom stereocenters. The topological polar surface area (TPSA) is 40.5 Å². The fraction of sp³-hybridized carbons (Fsp3) is 0.500. The Kier molecular flexibility index (Phi) is 7.17. The molecule has 1 N–H and O–H groups in total. The van der Waals surface area contributed by atoms with E-state index in [1.807, 2.05) is 50.3 Å². The van der Waals surface area contributed by atoms with E-state index in [0.717, 1.165) is 24.8 Å². The van der Waals surface area contributed by atoms with Gasteiger partial charge in [-0.15, -0.1) is 6.58 Å². The van der Waals surface area contributed by atoms with Crippen LogP contribution in [0.1, 0.15) is 44.6 Å². The Hall–Kier alpha value is -1.61. The van der Waals surface area contributed by atoms with Gasteiger partial charge in [0, 0.05) is 18.9 Å². The Morgan fingerprint density at radius 3 is 2.52 bits per heavy atom. The molecule has 0 aliphatic carbocycles. The Bertz CT molecular complexity index is 444. The lowest BCUT2D eigenvalue weighted by molar-refractivity contribution is -0.144. The third-order valence-corrected chi connectivity index (χ3v) is 3.98. The highest BCUT2D eigenvalue weighted by Gasteiger charge is 2.26. The minimum Gasteiger partial charge on any atom is -0.373 e. The van der Waals surface area contributed by atoms with Gasteiger partial charge < -0.3 is 10.0 Å². The molecule has 0 spiro atoms. The maximum atomic E-state index is 12.4. The van der Waals surface area contributed by atoms with Crippen LogP contribution < -0.4 is 0 Å². The van der Waals surface area contributed by atoms with Gasteiger partial charge in [-0.25, -0.2) is 0 Å². The minimum absolute atomic E-state index is 0.00524. The Labute approximate surface area is 128 Å². The van der Waals surface area contributed by atoms with Crippen LogP contribution >= 0.6 is 0 Å². The zero-order chi connectivity index (χ0) is 15.8. The third-order valence-electron chi connectivity index (χ3n) is 3.98. The van der Waals surface area contributed by atoms with E-state index in [1.54, 1.807) is 7.05 Å². The second kappa shape index (κ2) is 8.63. The van der Waals surface area contributed by atoms with E-state index in [0.29, 0.717) is 0 Å². The smallest absolute Gasteiger partial charge is 0.227 e. The van der Waals surface area contributed by atoms with Crippen LogP contribution in [0.2, 0.25) is 0 Å². The van der Waals surface area contributed by atoms with Gasteiger partial charge in [0.05, 0.1) is 0 Å². The second-order valence-corrected chi connectivity index (χ2v) is 5.68. The average Bonchev–Trinajstić information content (AvgIpc) is 2.52. The molecule has 3 nitrogen and oxygen atoms in total. The molecule has 0 saturated carbocycles. The van der Waals surface area contributed by atoms with Crippen LogP contribution in [0.25, 0.3) is 0 Å². The van der Waals surface area contributed by atoms with Crippen molar-refractivity contribution < 1.29 is 9.90 Å². The first-order chi connectivity index (χ1) is 9.99. The number of hydrogen-bond donors (Lipinski definition) is 1. The molecule has 1 aromatic rings. The monoisotopic (exact) mass is 289 g/mol. The number of carbonyl (C=O) groups excluding carboxylic acids is 1. The first-order valence-corrected chi connectivity index (χ1v) is 7.59. The maximum Gasteiger partial charge on any atom is 0.227 e. The van der Waals surface area contributed by atoms with E-state index in [4.69, 9.17) is 0 Å². The standard InChI is InChI=1S/C18H27NO2/c1-5-6-8-11-14(2)17(20)19(4)18(21)15(3)16-12-9-7-10-13-16/h5,7,9-10,12-15,18,21H,1,6,8,11H2,2-4H3/t14-,15?,18?/m1/s1. The predicted octanol–water partition coefficient (Wildman–Crippen LogP) is 3.56. The molecule has 3 heteroatoms. The molecule has 0 heterocycles. The van der Waals surface area contributed by atoms with Crippen molar-refractivity contribution >= 4 is 5.91 Å². The highest BCUT2D eigenvalue weighted by atomic mass is 16.3. The maximum absolute atomic E-state index is 12.4. The lowest BCUT2D eigenvalue weighted by Gasteiger charge is -2.30. The summed E-state index contributed by atoms with van der Waals surface area (Å²) >= 11 is 0. The van der Waals surface area contributed by atoms with Crippen LogP contribution in [0.15, 0.2) is 43.0 Å². The van der Waals surface area contributed by atoms with Gasteiger partial charge in [-0.3, -0.25) is 4.79 Å². The molecule has 0 saturated heterocycles. The zero-order valence-corrected chi connectivity index (χ0v) is 13.3. The average molecular weight is 289 g/mol. The number of rotatable bonds is 8. The van der Waals surface area contributed by atoms with Gasteiger partial charge in [0.2, 0.25) is 5.91 Å². The molecule has 0 aromatic heterocycles. The fourth-order valence-electron chi connectivity index (χ4n) is 2.43. The summed E-state index contributed by atoms with van der Waals surface area (Å²) in [5.74, 6) is -0.192. The lowest BCUT2D eigenvalue weighted by Crippen LogP contribution is -2.42. The zero-order valence-electron chi connectivity index (χ0n) is 13.3. The van der Waals surface area contributed by atoms with Crippen molar-refractivity contribution in [1.82, 2.24) is 4.90 Å². The number of benzene rings is 1. The van der Waals surface area contributed by atoms with Gasteiger partial charge in [0.1, 0.15) is 6.23 Å². The van der Waals surface area contributed by atoms with Crippen LogP contribution in [0.3, 0.4) is 0 Å². The van der Waals surface area contributed by atoms with Gasteiger partial charge in [-0.2, -0.15) is 0 Å². The number of amides is 1. The molecular formula is C18H27NO2. The summed E-state index contributed by atoms with van der Waals surface area (Å²) in [6, 6.07) is 9.77. The van der Waals surface area contributed by atoms with E-state index in [-0.39, 0.29) is 17.7 Å². The molecule has 21 heavy (non-hydrogen) atoms. The second-order valence-electron chi connectivity index (χ2n) is 5.68. The van der Waals surface area contributed by atoms with E-state index >= 15 is 0 Å². The van der Waals surface area contributed by atoms with E-state index < -0.39 is 6.23 Å². The number of likely N-dealkylation sites (N-methyl/N-ethyl adjacent to an activating group) is 1. The number of allylic oxidation sites excluding steroid dienone is 1. The first kappa shape index (κ1) is 17.4. The van der Waals surface area contributed by atoms with Crippen LogP contribution in [0, 0.1) is 5.92 Å². The molecule has 0 radical (unpaired) electrons. The molecule has 0 aliphatic heterocycles.